The van der Waals surface area contributed by atoms with Gasteiger partial charge in [-0.05, 0) is 53.9 Å². The van der Waals surface area contributed by atoms with E-state index in [1.54, 1.807) is 25.3 Å². The van der Waals surface area contributed by atoms with Crippen molar-refractivity contribution in [2.24, 2.45) is 0 Å². The van der Waals surface area contributed by atoms with E-state index in [-0.39, 0.29) is 18.1 Å². The maximum absolute atomic E-state index is 12.5. The molecule has 19 heavy (non-hydrogen) atoms. The highest BCUT2D eigenvalue weighted by Gasteiger charge is 2.30. The van der Waals surface area contributed by atoms with Crippen LogP contribution in [0.1, 0.15) is 30.1 Å². The number of rotatable bonds is 2. The number of nitrogens with zero attached hydrogens (tertiary/aromatic N) is 1. The molecule has 3 nitrogen and oxygen atoms in total. The van der Waals surface area contributed by atoms with Gasteiger partial charge in [0.05, 0.1) is 11.7 Å². The molecule has 0 aliphatic carbocycles. The minimum atomic E-state index is 0.0468. The standard InChI is InChI=1S/C14H17BrClNO2/c1-9-7-11(19-2)5-6-17(9)14(18)12-4-3-10(16)8-13(12)15/h3-4,8-9,11H,5-7H2,1-2H3. The first-order valence-corrected chi connectivity index (χ1v) is 7.49. The molecular weight excluding hydrogens is 330 g/mol. The largest absolute Gasteiger partial charge is 0.381 e. The van der Waals surface area contributed by atoms with E-state index in [0.29, 0.717) is 10.6 Å². The van der Waals surface area contributed by atoms with Gasteiger partial charge in [0.15, 0.2) is 0 Å². The minimum absolute atomic E-state index is 0.0468. The number of piperidine rings is 1. The normalized spacial score (nSPS) is 23.5. The second-order valence-corrected chi connectivity index (χ2v) is 6.14. The van der Waals surface area contributed by atoms with E-state index < -0.39 is 0 Å². The summed E-state index contributed by atoms with van der Waals surface area (Å²) in [5.41, 5.74) is 0.659. The Hall–Kier alpha value is -0.580. The van der Waals surface area contributed by atoms with Gasteiger partial charge in [0.1, 0.15) is 0 Å². The molecule has 1 aromatic rings. The smallest absolute Gasteiger partial charge is 0.255 e. The molecule has 0 N–H and O–H groups in total. The average Bonchev–Trinajstić information content (AvgIpc) is 2.37. The van der Waals surface area contributed by atoms with Crippen molar-refractivity contribution in [1.29, 1.82) is 0 Å². The molecule has 1 amide bonds. The summed E-state index contributed by atoms with van der Waals surface area (Å²) in [4.78, 5) is 14.5. The van der Waals surface area contributed by atoms with Crippen LogP contribution in [0.15, 0.2) is 22.7 Å². The minimum Gasteiger partial charge on any atom is -0.381 e. The molecule has 1 aliphatic rings. The Morgan fingerprint density at radius 2 is 2.26 bits per heavy atom. The molecule has 0 bridgehead atoms. The third kappa shape index (κ3) is 3.30. The molecule has 104 valence electrons. The summed E-state index contributed by atoms with van der Waals surface area (Å²) in [6, 6.07) is 5.45. The Labute approximate surface area is 127 Å². The summed E-state index contributed by atoms with van der Waals surface area (Å²) in [7, 11) is 1.73. The molecule has 1 aliphatic heterocycles. The molecule has 2 atom stereocenters. The number of amides is 1. The van der Waals surface area contributed by atoms with Crippen LogP contribution in [0.25, 0.3) is 0 Å². The molecule has 0 radical (unpaired) electrons. The lowest BCUT2D eigenvalue weighted by Gasteiger charge is -2.37. The van der Waals surface area contributed by atoms with Crippen molar-refractivity contribution in [3.8, 4) is 0 Å². The van der Waals surface area contributed by atoms with E-state index in [1.807, 2.05) is 4.90 Å². The molecule has 0 spiro atoms. The van der Waals surface area contributed by atoms with Crippen LogP contribution in [0.4, 0.5) is 0 Å². The van der Waals surface area contributed by atoms with Crippen molar-refractivity contribution in [2.45, 2.75) is 31.9 Å². The zero-order valence-corrected chi connectivity index (χ0v) is 13.4. The quantitative estimate of drug-likeness (QED) is 0.816. The van der Waals surface area contributed by atoms with Gasteiger partial charge in [-0.1, -0.05) is 11.6 Å². The van der Waals surface area contributed by atoms with Crippen molar-refractivity contribution in [3.63, 3.8) is 0 Å². The first kappa shape index (κ1) is 14.8. The number of hydrogen-bond acceptors (Lipinski definition) is 2. The van der Waals surface area contributed by atoms with Crippen molar-refractivity contribution in [3.05, 3.63) is 33.3 Å². The van der Waals surface area contributed by atoms with Gasteiger partial charge in [-0.2, -0.15) is 0 Å². The number of carbonyl (C=O) groups excluding carboxylic acids is 1. The Morgan fingerprint density at radius 1 is 1.53 bits per heavy atom. The number of carbonyl (C=O) groups is 1. The van der Waals surface area contributed by atoms with Crippen LogP contribution in [-0.2, 0) is 4.74 Å². The Kier molecular flexibility index (Phi) is 4.87. The number of halogens is 2. The lowest BCUT2D eigenvalue weighted by atomic mass is 9.99. The van der Waals surface area contributed by atoms with Crippen LogP contribution in [-0.4, -0.2) is 36.6 Å². The zero-order valence-electron chi connectivity index (χ0n) is 11.0. The Morgan fingerprint density at radius 3 is 2.84 bits per heavy atom. The SMILES string of the molecule is COC1CCN(C(=O)c2ccc(Cl)cc2Br)C(C)C1. The molecule has 2 rings (SSSR count). The van der Waals surface area contributed by atoms with Crippen LogP contribution >= 0.6 is 27.5 Å². The number of benzene rings is 1. The van der Waals surface area contributed by atoms with Gasteiger partial charge >= 0.3 is 0 Å². The van der Waals surface area contributed by atoms with E-state index in [9.17, 15) is 4.79 Å². The van der Waals surface area contributed by atoms with Gasteiger partial charge in [-0.3, -0.25) is 4.79 Å². The van der Waals surface area contributed by atoms with Crippen LogP contribution in [0.5, 0.6) is 0 Å². The fourth-order valence-electron chi connectivity index (χ4n) is 2.46. The van der Waals surface area contributed by atoms with E-state index >= 15 is 0 Å². The fraction of sp³-hybridized carbons (Fsp3) is 0.500. The number of hydrogen-bond donors (Lipinski definition) is 0. The second kappa shape index (κ2) is 6.25. The average molecular weight is 347 g/mol. The van der Waals surface area contributed by atoms with E-state index in [2.05, 4.69) is 22.9 Å². The molecule has 0 saturated carbocycles. The van der Waals surface area contributed by atoms with Crippen molar-refractivity contribution in [2.75, 3.05) is 13.7 Å². The monoisotopic (exact) mass is 345 g/mol. The van der Waals surface area contributed by atoms with Crippen LogP contribution in [0.3, 0.4) is 0 Å². The third-order valence-corrected chi connectivity index (χ3v) is 4.47. The molecule has 5 heteroatoms. The van der Waals surface area contributed by atoms with Gasteiger partial charge < -0.3 is 9.64 Å². The predicted octanol–water partition coefficient (Wildman–Crippen LogP) is 3.74. The first-order chi connectivity index (χ1) is 9.02. The molecule has 2 unspecified atom stereocenters. The number of ether oxygens (including phenoxy) is 1. The molecular formula is C14H17BrClNO2. The van der Waals surface area contributed by atoms with Gasteiger partial charge in [-0.25, -0.2) is 0 Å². The highest BCUT2D eigenvalue weighted by molar-refractivity contribution is 9.10. The van der Waals surface area contributed by atoms with Crippen molar-refractivity contribution in [1.82, 2.24) is 4.90 Å². The summed E-state index contributed by atoms with van der Waals surface area (Å²) in [5, 5.41) is 0.620. The van der Waals surface area contributed by atoms with Crippen LogP contribution in [0.2, 0.25) is 5.02 Å². The highest BCUT2D eigenvalue weighted by atomic mass is 79.9. The molecule has 1 fully saturated rings. The Bertz CT molecular complexity index is 481. The van der Waals surface area contributed by atoms with Gasteiger partial charge in [-0.15, -0.1) is 0 Å². The molecule has 1 saturated heterocycles. The number of likely N-dealkylation sites (tertiary alicyclic amines) is 1. The summed E-state index contributed by atoms with van der Waals surface area (Å²) in [5.74, 6) is 0.0468. The van der Waals surface area contributed by atoms with E-state index in [4.69, 9.17) is 16.3 Å². The van der Waals surface area contributed by atoms with E-state index in [1.165, 1.54) is 0 Å². The van der Waals surface area contributed by atoms with Gasteiger partial charge in [0, 0.05) is 29.2 Å². The lowest BCUT2D eigenvalue weighted by Crippen LogP contribution is -2.46. The first-order valence-electron chi connectivity index (χ1n) is 6.31. The third-order valence-electron chi connectivity index (χ3n) is 3.58. The summed E-state index contributed by atoms with van der Waals surface area (Å²) in [6.07, 6.45) is 2.03. The molecule has 1 heterocycles. The van der Waals surface area contributed by atoms with Crippen LogP contribution in [0, 0.1) is 0 Å². The highest BCUT2D eigenvalue weighted by Crippen LogP contribution is 2.26. The van der Waals surface area contributed by atoms with Crippen molar-refractivity contribution < 1.29 is 9.53 Å². The summed E-state index contributed by atoms with van der Waals surface area (Å²) >= 11 is 9.31. The maximum atomic E-state index is 12.5. The lowest BCUT2D eigenvalue weighted by molar-refractivity contribution is 0.0159. The van der Waals surface area contributed by atoms with Gasteiger partial charge in [0.25, 0.3) is 5.91 Å². The van der Waals surface area contributed by atoms with Crippen LogP contribution < -0.4 is 0 Å². The topological polar surface area (TPSA) is 29.5 Å². The number of methoxy groups -OCH3 is 1. The Balaban J connectivity index is 2.16. The maximum Gasteiger partial charge on any atom is 0.255 e. The zero-order chi connectivity index (χ0) is 14.0. The van der Waals surface area contributed by atoms with Crippen molar-refractivity contribution >= 4 is 33.4 Å². The second-order valence-electron chi connectivity index (χ2n) is 4.85. The molecule has 0 aromatic heterocycles. The fourth-order valence-corrected chi connectivity index (χ4v) is 3.31. The predicted molar refractivity (Wildman–Crippen MR) is 79.7 cm³/mol. The van der Waals surface area contributed by atoms with E-state index in [0.717, 1.165) is 23.9 Å². The molecule has 1 aromatic carbocycles. The summed E-state index contributed by atoms with van der Waals surface area (Å²) < 4.78 is 6.11. The van der Waals surface area contributed by atoms with Gasteiger partial charge in [0.2, 0.25) is 0 Å². The summed E-state index contributed by atoms with van der Waals surface area (Å²) in [6.45, 7) is 2.79.